The number of carbonyl (C=O) groups is 1. The smallest absolute Gasteiger partial charge is 0.232 e. The molecule has 2 saturated heterocycles. The Kier molecular flexibility index (Phi) is 13.5. The maximum atomic E-state index is 13.4. The average molecular weight is 654 g/mol. The summed E-state index contributed by atoms with van der Waals surface area (Å²) in [5.41, 5.74) is 8.70. The molecule has 2 fully saturated rings. The monoisotopic (exact) mass is 653 g/mol. The van der Waals surface area contributed by atoms with Crippen molar-refractivity contribution >= 4 is 5.91 Å². The first-order chi connectivity index (χ1) is 23.4. The second kappa shape index (κ2) is 17.9. The molecular weight excluding hydrogens is 594 g/mol. The summed E-state index contributed by atoms with van der Waals surface area (Å²) in [6.07, 6.45) is 14.9. The van der Waals surface area contributed by atoms with Gasteiger partial charge in [-0.25, -0.2) is 0 Å². The number of nitrogens with zero attached hydrogens (tertiary/aromatic N) is 4. The fourth-order valence-corrected chi connectivity index (χ4v) is 8.50. The number of benzene rings is 2. The molecular formula is C41H59N5O2. The summed E-state index contributed by atoms with van der Waals surface area (Å²) in [5.74, 6) is 0.866. The highest BCUT2D eigenvalue weighted by Crippen LogP contribution is 2.43. The third-order valence-electron chi connectivity index (χ3n) is 11.0. The SMILES string of the molecule is COc1ccncc1CN1CCC(N(CCCCCCCCN2CC[C@@H](C(C(N)=O)(c3ccccc3)c3ccccc3)C2)C(C)C)CC1. The number of ether oxygens (including phenoxy) is 1. The van der Waals surface area contributed by atoms with Crippen molar-refractivity contribution in [3.63, 3.8) is 0 Å². The van der Waals surface area contributed by atoms with Crippen LogP contribution in [0.25, 0.3) is 0 Å². The van der Waals surface area contributed by atoms with Gasteiger partial charge < -0.3 is 15.4 Å². The molecule has 0 aliphatic carbocycles. The Morgan fingerprint density at radius 1 is 0.875 bits per heavy atom. The Hall–Kier alpha value is -3.26. The van der Waals surface area contributed by atoms with E-state index in [-0.39, 0.29) is 11.8 Å². The van der Waals surface area contributed by atoms with Gasteiger partial charge in [0.25, 0.3) is 0 Å². The number of methoxy groups -OCH3 is 1. The lowest BCUT2D eigenvalue weighted by Crippen LogP contribution is -2.49. The van der Waals surface area contributed by atoms with E-state index in [9.17, 15) is 4.79 Å². The minimum atomic E-state index is -0.799. The Labute approximate surface area is 289 Å². The third-order valence-corrected chi connectivity index (χ3v) is 11.0. The van der Waals surface area contributed by atoms with Gasteiger partial charge in [0.2, 0.25) is 5.91 Å². The van der Waals surface area contributed by atoms with Gasteiger partial charge in [-0.05, 0) is 102 Å². The van der Waals surface area contributed by atoms with Crippen LogP contribution in [0.5, 0.6) is 5.75 Å². The summed E-state index contributed by atoms with van der Waals surface area (Å²) in [4.78, 5) is 25.6. The Bertz CT molecular complexity index is 1340. The molecule has 7 nitrogen and oxygen atoms in total. The molecule has 2 N–H and O–H groups in total. The number of carbonyl (C=O) groups excluding carboxylic acids is 1. The number of piperidine rings is 1. The van der Waals surface area contributed by atoms with Crippen molar-refractivity contribution in [2.45, 2.75) is 95.7 Å². The van der Waals surface area contributed by atoms with Crippen molar-refractivity contribution in [2.75, 3.05) is 46.4 Å². The maximum absolute atomic E-state index is 13.4. The predicted octanol–water partition coefficient (Wildman–Crippen LogP) is 6.90. The van der Waals surface area contributed by atoms with E-state index in [0.29, 0.717) is 12.1 Å². The average Bonchev–Trinajstić information content (AvgIpc) is 3.58. The topological polar surface area (TPSA) is 74.9 Å². The van der Waals surface area contributed by atoms with Crippen molar-refractivity contribution in [1.82, 2.24) is 19.7 Å². The highest BCUT2D eigenvalue weighted by molar-refractivity contribution is 5.91. The highest BCUT2D eigenvalue weighted by atomic mass is 16.5. The van der Waals surface area contributed by atoms with Crippen molar-refractivity contribution in [3.05, 3.63) is 95.8 Å². The lowest BCUT2D eigenvalue weighted by Gasteiger charge is -2.40. The van der Waals surface area contributed by atoms with Gasteiger partial charge in [0, 0.05) is 43.1 Å². The Balaban J connectivity index is 1.00. The number of hydrogen-bond donors (Lipinski definition) is 1. The summed E-state index contributed by atoms with van der Waals surface area (Å²) >= 11 is 0. The first-order valence-electron chi connectivity index (χ1n) is 18.5. The maximum Gasteiger partial charge on any atom is 0.232 e. The first-order valence-corrected chi connectivity index (χ1v) is 18.5. The molecule has 0 saturated carbocycles. The minimum Gasteiger partial charge on any atom is -0.496 e. The summed E-state index contributed by atoms with van der Waals surface area (Å²) < 4.78 is 5.55. The van der Waals surface area contributed by atoms with E-state index in [1.807, 2.05) is 48.7 Å². The van der Waals surface area contributed by atoms with Crippen molar-refractivity contribution in [1.29, 1.82) is 0 Å². The zero-order chi connectivity index (χ0) is 33.8. The number of nitrogens with two attached hydrogens (primary N) is 1. The Morgan fingerprint density at radius 2 is 1.48 bits per heavy atom. The third kappa shape index (κ3) is 8.85. The quantitative estimate of drug-likeness (QED) is 0.151. The number of hydrogen-bond acceptors (Lipinski definition) is 6. The molecule has 0 radical (unpaired) electrons. The van der Waals surface area contributed by atoms with Gasteiger partial charge in [-0.3, -0.25) is 19.6 Å². The first kappa shape index (κ1) is 36.0. The van der Waals surface area contributed by atoms with Gasteiger partial charge >= 0.3 is 0 Å². The molecule has 1 atom stereocenters. The lowest BCUT2D eigenvalue weighted by atomic mass is 9.64. The molecule has 2 aromatic carbocycles. The zero-order valence-corrected chi connectivity index (χ0v) is 29.7. The molecule has 7 heteroatoms. The normalized spacial score (nSPS) is 18.1. The highest BCUT2D eigenvalue weighted by Gasteiger charge is 2.49. The van der Waals surface area contributed by atoms with Crippen LogP contribution in [-0.2, 0) is 16.8 Å². The second-order valence-corrected chi connectivity index (χ2v) is 14.3. The molecule has 1 aromatic heterocycles. The lowest BCUT2D eigenvalue weighted by molar-refractivity contribution is -0.123. The molecule has 0 bridgehead atoms. The molecule has 1 amide bonds. The van der Waals surface area contributed by atoms with Crippen LogP contribution in [0.3, 0.4) is 0 Å². The largest absolute Gasteiger partial charge is 0.496 e. The van der Waals surface area contributed by atoms with Crippen LogP contribution in [0.1, 0.15) is 88.3 Å². The van der Waals surface area contributed by atoms with Crippen LogP contribution in [0, 0.1) is 5.92 Å². The van der Waals surface area contributed by atoms with Crippen LogP contribution >= 0.6 is 0 Å². The fourth-order valence-electron chi connectivity index (χ4n) is 8.50. The molecule has 3 heterocycles. The van der Waals surface area contributed by atoms with E-state index >= 15 is 0 Å². The van der Waals surface area contributed by atoms with E-state index in [2.05, 4.69) is 57.8 Å². The minimum absolute atomic E-state index is 0.167. The number of rotatable bonds is 18. The number of aromatic nitrogens is 1. The van der Waals surface area contributed by atoms with E-state index in [0.717, 1.165) is 62.6 Å². The van der Waals surface area contributed by atoms with Crippen molar-refractivity contribution in [2.24, 2.45) is 11.7 Å². The molecule has 0 unspecified atom stereocenters. The zero-order valence-electron chi connectivity index (χ0n) is 29.7. The standard InChI is InChI=1S/C41H59N5O2/c1-33(2)46(38-22-28-45(29-23-38)31-34-30-43-24-20-39(34)48-3)26-15-7-5-4-6-14-25-44-27-21-37(32-44)41(40(42)47,35-16-10-8-11-17-35)36-18-12-9-13-19-36/h8-13,16-20,24,30,33,37-38H,4-7,14-15,21-23,25-29,31-32H2,1-3H3,(H2,42,47)/t37-/m1/s1. The van der Waals surface area contributed by atoms with Crippen LogP contribution in [0.15, 0.2) is 79.1 Å². The summed E-state index contributed by atoms with van der Waals surface area (Å²) in [6, 6.07) is 23.6. The van der Waals surface area contributed by atoms with Gasteiger partial charge in [-0.2, -0.15) is 0 Å². The fraction of sp³-hybridized carbons (Fsp3) is 0.561. The van der Waals surface area contributed by atoms with Gasteiger partial charge in [-0.15, -0.1) is 0 Å². The predicted molar refractivity (Wildman–Crippen MR) is 196 cm³/mol. The van der Waals surface area contributed by atoms with E-state index < -0.39 is 5.41 Å². The van der Waals surface area contributed by atoms with Crippen LogP contribution in [-0.4, -0.2) is 84.1 Å². The summed E-state index contributed by atoms with van der Waals surface area (Å²) in [5, 5.41) is 0. The molecule has 260 valence electrons. The molecule has 2 aliphatic heterocycles. The molecule has 48 heavy (non-hydrogen) atoms. The number of unbranched alkanes of at least 4 members (excludes halogenated alkanes) is 5. The van der Waals surface area contributed by atoms with E-state index in [1.165, 1.54) is 63.5 Å². The van der Waals surface area contributed by atoms with Gasteiger partial charge in [0.05, 0.1) is 7.11 Å². The van der Waals surface area contributed by atoms with Crippen LogP contribution in [0.4, 0.5) is 0 Å². The molecule has 3 aromatic rings. The van der Waals surface area contributed by atoms with Gasteiger partial charge in [0.1, 0.15) is 11.2 Å². The van der Waals surface area contributed by atoms with Crippen molar-refractivity contribution in [3.8, 4) is 5.75 Å². The van der Waals surface area contributed by atoms with Gasteiger partial charge in [0.15, 0.2) is 0 Å². The molecule has 2 aliphatic rings. The van der Waals surface area contributed by atoms with E-state index in [4.69, 9.17) is 10.5 Å². The molecule has 5 rings (SSSR count). The van der Waals surface area contributed by atoms with Crippen LogP contribution < -0.4 is 10.5 Å². The number of primary amides is 1. The number of amides is 1. The van der Waals surface area contributed by atoms with Crippen molar-refractivity contribution < 1.29 is 9.53 Å². The Morgan fingerprint density at radius 3 is 2.08 bits per heavy atom. The summed E-state index contributed by atoms with van der Waals surface area (Å²) in [7, 11) is 1.74. The number of likely N-dealkylation sites (tertiary alicyclic amines) is 2. The second-order valence-electron chi connectivity index (χ2n) is 14.3. The summed E-state index contributed by atoms with van der Waals surface area (Å²) in [6.45, 7) is 12.2. The van der Waals surface area contributed by atoms with Gasteiger partial charge in [-0.1, -0.05) is 86.3 Å². The number of pyridine rings is 1. The van der Waals surface area contributed by atoms with E-state index in [1.54, 1.807) is 13.3 Å². The van der Waals surface area contributed by atoms with Crippen LogP contribution in [0.2, 0.25) is 0 Å². The molecule has 0 spiro atoms.